The predicted octanol–water partition coefficient (Wildman–Crippen LogP) is 0.701. The number of fused-ring (bicyclic) bond motifs is 1. The van der Waals surface area contributed by atoms with Crippen molar-refractivity contribution >= 4 is 6.29 Å². The molecule has 0 aliphatic carbocycles. The first-order chi connectivity index (χ1) is 6.35. The summed E-state index contributed by atoms with van der Waals surface area (Å²) in [6.07, 6.45) is 1.30. The fourth-order valence-electron chi connectivity index (χ4n) is 1.29. The Bertz CT molecular complexity index is 407. The van der Waals surface area contributed by atoms with E-state index in [1.54, 1.807) is 6.07 Å². The fourth-order valence-corrected chi connectivity index (χ4v) is 1.29. The second-order valence-electron chi connectivity index (χ2n) is 2.69. The molecule has 0 spiro atoms. The van der Waals surface area contributed by atoms with Crippen molar-refractivity contribution < 1.29 is 9.53 Å². The molecule has 0 atom stereocenters. The lowest BCUT2D eigenvalue weighted by atomic mass is 10.2. The van der Waals surface area contributed by atoms with E-state index in [2.05, 4.69) is 4.98 Å². The molecule has 0 aromatic carbocycles. The smallest absolute Gasteiger partial charge is 0.169 e. The number of pyridine rings is 1. The molecule has 13 heavy (non-hydrogen) atoms. The average Bonchev–Trinajstić information content (AvgIpc) is 2.62. The number of aldehydes is 1. The molecule has 4 heteroatoms. The van der Waals surface area contributed by atoms with Crippen LogP contribution in [-0.4, -0.2) is 17.9 Å². The molecule has 0 N–H and O–H groups in total. The third-order valence-corrected chi connectivity index (χ3v) is 1.92. The van der Waals surface area contributed by atoms with Gasteiger partial charge in [-0.15, -0.1) is 0 Å². The van der Waals surface area contributed by atoms with Crippen molar-refractivity contribution in [3.8, 4) is 11.8 Å². The minimum absolute atomic E-state index is 0.201. The van der Waals surface area contributed by atoms with E-state index in [-0.39, 0.29) is 11.3 Å². The summed E-state index contributed by atoms with van der Waals surface area (Å²) >= 11 is 0. The third kappa shape index (κ3) is 1.14. The van der Waals surface area contributed by atoms with Gasteiger partial charge in [0.1, 0.15) is 17.5 Å². The first-order valence-corrected chi connectivity index (χ1v) is 3.87. The summed E-state index contributed by atoms with van der Waals surface area (Å²) < 4.78 is 5.21. The van der Waals surface area contributed by atoms with Crippen molar-refractivity contribution in [1.82, 2.24) is 4.98 Å². The molecule has 0 saturated carbocycles. The number of nitriles is 1. The lowest BCUT2D eigenvalue weighted by molar-refractivity contribution is 0.111. The molecule has 64 valence electrons. The molecule has 0 saturated heterocycles. The highest BCUT2D eigenvalue weighted by Gasteiger charge is 2.16. The van der Waals surface area contributed by atoms with Gasteiger partial charge in [-0.05, 0) is 0 Å². The molecule has 1 aliphatic heterocycles. The SMILES string of the molecule is N#Cc1cc2c(nc1C=O)CCO2. The summed E-state index contributed by atoms with van der Waals surface area (Å²) in [7, 11) is 0. The monoisotopic (exact) mass is 174 g/mol. The zero-order chi connectivity index (χ0) is 9.26. The van der Waals surface area contributed by atoms with Gasteiger partial charge in [0.25, 0.3) is 0 Å². The zero-order valence-corrected chi connectivity index (χ0v) is 6.78. The zero-order valence-electron chi connectivity index (χ0n) is 6.78. The first kappa shape index (κ1) is 7.74. The quantitative estimate of drug-likeness (QED) is 0.588. The normalized spacial score (nSPS) is 12.8. The molecule has 2 rings (SSSR count). The maximum Gasteiger partial charge on any atom is 0.169 e. The number of hydrogen-bond donors (Lipinski definition) is 0. The van der Waals surface area contributed by atoms with Gasteiger partial charge in [0.2, 0.25) is 0 Å². The Hall–Kier alpha value is -1.89. The summed E-state index contributed by atoms with van der Waals surface area (Å²) in [5.74, 6) is 0.627. The minimum atomic E-state index is 0.201. The highest BCUT2D eigenvalue weighted by molar-refractivity contribution is 5.76. The van der Waals surface area contributed by atoms with Gasteiger partial charge < -0.3 is 4.74 Å². The van der Waals surface area contributed by atoms with Crippen LogP contribution in [0.5, 0.6) is 5.75 Å². The van der Waals surface area contributed by atoms with Gasteiger partial charge in [-0.25, -0.2) is 4.98 Å². The van der Waals surface area contributed by atoms with E-state index < -0.39 is 0 Å². The van der Waals surface area contributed by atoms with Gasteiger partial charge in [-0.2, -0.15) is 5.26 Å². The molecule has 2 heterocycles. The summed E-state index contributed by atoms with van der Waals surface area (Å²) in [5.41, 5.74) is 1.24. The van der Waals surface area contributed by atoms with E-state index in [1.165, 1.54) is 0 Å². The van der Waals surface area contributed by atoms with E-state index >= 15 is 0 Å². The van der Waals surface area contributed by atoms with Gasteiger partial charge in [0.05, 0.1) is 17.9 Å². The van der Waals surface area contributed by atoms with Crippen LogP contribution >= 0.6 is 0 Å². The van der Waals surface area contributed by atoms with Crippen molar-refractivity contribution in [2.75, 3.05) is 6.61 Å². The Morgan fingerprint density at radius 3 is 3.23 bits per heavy atom. The van der Waals surface area contributed by atoms with Crippen molar-refractivity contribution in [3.05, 3.63) is 23.0 Å². The number of rotatable bonds is 1. The standard InChI is InChI=1S/C9H6N2O2/c10-4-6-3-9-7(1-2-13-9)11-8(6)5-12/h3,5H,1-2H2. The molecule has 4 nitrogen and oxygen atoms in total. The Kier molecular flexibility index (Phi) is 1.71. The molecule has 1 aliphatic rings. The molecule has 1 aromatic heterocycles. The highest BCUT2D eigenvalue weighted by atomic mass is 16.5. The van der Waals surface area contributed by atoms with E-state index in [1.807, 2.05) is 6.07 Å². The largest absolute Gasteiger partial charge is 0.491 e. The Labute approximate surface area is 74.8 Å². The van der Waals surface area contributed by atoms with Crippen LogP contribution in [-0.2, 0) is 6.42 Å². The van der Waals surface area contributed by atoms with Crippen LogP contribution in [0.1, 0.15) is 21.7 Å². The maximum atomic E-state index is 10.5. The number of aromatic nitrogens is 1. The number of carbonyl (C=O) groups excluding carboxylic acids is 1. The van der Waals surface area contributed by atoms with Crippen LogP contribution < -0.4 is 4.74 Å². The molecule has 0 amide bonds. The van der Waals surface area contributed by atoms with Crippen molar-refractivity contribution in [2.45, 2.75) is 6.42 Å². The lowest BCUT2D eigenvalue weighted by Gasteiger charge is -1.99. The molecule has 0 unspecified atom stereocenters. The van der Waals surface area contributed by atoms with Crippen molar-refractivity contribution in [1.29, 1.82) is 5.26 Å². The second-order valence-corrected chi connectivity index (χ2v) is 2.69. The number of hydrogen-bond acceptors (Lipinski definition) is 4. The van der Waals surface area contributed by atoms with Gasteiger partial charge in [0, 0.05) is 12.5 Å². The van der Waals surface area contributed by atoms with Crippen LogP contribution in [0.2, 0.25) is 0 Å². The van der Waals surface area contributed by atoms with E-state index in [4.69, 9.17) is 10.00 Å². The van der Waals surface area contributed by atoms with E-state index in [0.29, 0.717) is 25.1 Å². The fraction of sp³-hybridized carbons (Fsp3) is 0.222. The summed E-state index contributed by atoms with van der Waals surface area (Å²) in [5, 5.41) is 8.68. The van der Waals surface area contributed by atoms with Gasteiger partial charge in [0.15, 0.2) is 6.29 Å². The molecule has 0 bridgehead atoms. The maximum absolute atomic E-state index is 10.5. The van der Waals surface area contributed by atoms with E-state index in [9.17, 15) is 4.79 Å². The first-order valence-electron chi connectivity index (χ1n) is 3.87. The van der Waals surface area contributed by atoms with Crippen molar-refractivity contribution in [3.63, 3.8) is 0 Å². The number of nitrogens with zero attached hydrogens (tertiary/aromatic N) is 2. The molecule has 0 radical (unpaired) electrons. The molecular weight excluding hydrogens is 168 g/mol. The van der Waals surface area contributed by atoms with Crippen molar-refractivity contribution in [2.24, 2.45) is 0 Å². The predicted molar refractivity (Wildman–Crippen MR) is 43.5 cm³/mol. The Morgan fingerprint density at radius 2 is 2.54 bits per heavy atom. The molecule has 1 aromatic rings. The highest BCUT2D eigenvalue weighted by Crippen LogP contribution is 2.24. The van der Waals surface area contributed by atoms with Crippen LogP contribution in [0.4, 0.5) is 0 Å². The topological polar surface area (TPSA) is 63.0 Å². The number of carbonyl (C=O) groups is 1. The van der Waals surface area contributed by atoms with Crippen LogP contribution in [0, 0.1) is 11.3 Å². The summed E-state index contributed by atoms with van der Waals surface area (Å²) in [6.45, 7) is 0.579. The van der Waals surface area contributed by atoms with E-state index in [0.717, 1.165) is 5.69 Å². The van der Waals surface area contributed by atoms with Crippen LogP contribution in [0.15, 0.2) is 6.07 Å². The van der Waals surface area contributed by atoms with Crippen LogP contribution in [0.25, 0.3) is 0 Å². The Morgan fingerprint density at radius 1 is 1.69 bits per heavy atom. The summed E-state index contributed by atoms with van der Waals surface area (Å²) in [4.78, 5) is 14.6. The van der Waals surface area contributed by atoms with Gasteiger partial charge in [-0.3, -0.25) is 4.79 Å². The minimum Gasteiger partial charge on any atom is -0.491 e. The molecule has 0 fully saturated rings. The average molecular weight is 174 g/mol. The lowest BCUT2D eigenvalue weighted by Crippen LogP contribution is -1.95. The molecular formula is C9H6N2O2. The third-order valence-electron chi connectivity index (χ3n) is 1.92. The number of ether oxygens (including phenoxy) is 1. The second kappa shape index (κ2) is 2.87. The van der Waals surface area contributed by atoms with Gasteiger partial charge in [-0.1, -0.05) is 0 Å². The van der Waals surface area contributed by atoms with Crippen LogP contribution in [0.3, 0.4) is 0 Å². The van der Waals surface area contributed by atoms with Gasteiger partial charge >= 0.3 is 0 Å². The summed E-state index contributed by atoms with van der Waals surface area (Å²) in [6, 6.07) is 3.47. The Balaban J connectivity index is 2.61.